The molecule has 2 aliphatic heterocycles. The number of rotatable bonds is 4. The van der Waals surface area contributed by atoms with Crippen molar-refractivity contribution in [2.45, 2.75) is 26.8 Å². The molecule has 4 rings (SSSR count). The van der Waals surface area contributed by atoms with Crippen LogP contribution in [0.2, 0.25) is 0 Å². The summed E-state index contributed by atoms with van der Waals surface area (Å²) in [4.78, 5) is 26.6. The van der Waals surface area contributed by atoms with Gasteiger partial charge in [0.25, 0.3) is 0 Å². The Morgan fingerprint density at radius 3 is 2.78 bits per heavy atom. The predicted octanol–water partition coefficient (Wildman–Crippen LogP) is 2.70. The van der Waals surface area contributed by atoms with Gasteiger partial charge in [0.15, 0.2) is 11.5 Å². The van der Waals surface area contributed by atoms with Gasteiger partial charge in [-0.2, -0.15) is 0 Å². The van der Waals surface area contributed by atoms with Crippen LogP contribution in [0.3, 0.4) is 0 Å². The first kappa shape index (κ1) is 17.4. The Hall–Kier alpha value is -3.02. The number of aryl methyl sites for hydroxylation is 2. The summed E-state index contributed by atoms with van der Waals surface area (Å²) in [5.74, 6) is 0.803. The van der Waals surface area contributed by atoms with Crippen LogP contribution in [0.4, 0.5) is 5.69 Å². The molecule has 2 aromatic carbocycles. The molecule has 140 valence electrons. The van der Waals surface area contributed by atoms with Gasteiger partial charge < -0.3 is 19.7 Å². The number of benzene rings is 2. The minimum Gasteiger partial charge on any atom is -0.454 e. The van der Waals surface area contributed by atoms with Gasteiger partial charge in [0, 0.05) is 31.3 Å². The Bertz CT molecular complexity index is 909. The first-order valence-corrected chi connectivity index (χ1v) is 9.05. The van der Waals surface area contributed by atoms with E-state index in [-0.39, 0.29) is 30.9 Å². The molecule has 2 heterocycles. The van der Waals surface area contributed by atoms with Crippen molar-refractivity contribution >= 4 is 17.5 Å². The zero-order valence-electron chi connectivity index (χ0n) is 15.5. The van der Waals surface area contributed by atoms with Crippen LogP contribution in [-0.2, 0) is 16.1 Å². The number of nitrogens with one attached hydrogen (secondary N) is 1. The summed E-state index contributed by atoms with van der Waals surface area (Å²) >= 11 is 0. The minimum atomic E-state index is -0.353. The van der Waals surface area contributed by atoms with E-state index in [0.29, 0.717) is 24.6 Å². The number of hydrogen-bond acceptors (Lipinski definition) is 4. The third-order valence-electron chi connectivity index (χ3n) is 5.11. The third-order valence-corrected chi connectivity index (χ3v) is 5.11. The zero-order valence-corrected chi connectivity index (χ0v) is 15.5. The molecular weight excluding hydrogens is 344 g/mol. The van der Waals surface area contributed by atoms with Crippen LogP contribution < -0.4 is 19.7 Å². The Balaban J connectivity index is 1.40. The summed E-state index contributed by atoms with van der Waals surface area (Å²) in [6, 6.07) is 11.6. The largest absolute Gasteiger partial charge is 0.454 e. The van der Waals surface area contributed by atoms with E-state index in [1.54, 1.807) is 17.0 Å². The molecule has 1 N–H and O–H groups in total. The summed E-state index contributed by atoms with van der Waals surface area (Å²) < 4.78 is 10.7. The number of carbonyl (C=O) groups is 2. The number of hydrogen-bond donors (Lipinski definition) is 1. The molecule has 6 nitrogen and oxygen atoms in total. The predicted molar refractivity (Wildman–Crippen MR) is 101 cm³/mol. The van der Waals surface area contributed by atoms with Crippen molar-refractivity contribution in [2.75, 3.05) is 18.2 Å². The van der Waals surface area contributed by atoms with Gasteiger partial charge in [0.05, 0.1) is 5.92 Å². The number of amides is 2. The Morgan fingerprint density at radius 1 is 1.15 bits per heavy atom. The molecule has 1 unspecified atom stereocenters. The third kappa shape index (κ3) is 3.47. The van der Waals surface area contributed by atoms with Crippen LogP contribution in [0.1, 0.15) is 23.1 Å². The van der Waals surface area contributed by atoms with Gasteiger partial charge >= 0.3 is 0 Å². The first-order valence-electron chi connectivity index (χ1n) is 9.05. The molecule has 1 fully saturated rings. The van der Waals surface area contributed by atoms with Crippen molar-refractivity contribution in [2.24, 2.45) is 5.92 Å². The Morgan fingerprint density at radius 2 is 1.96 bits per heavy atom. The van der Waals surface area contributed by atoms with Crippen molar-refractivity contribution in [3.05, 3.63) is 53.1 Å². The van der Waals surface area contributed by atoms with E-state index in [9.17, 15) is 9.59 Å². The summed E-state index contributed by atoms with van der Waals surface area (Å²) in [6.07, 6.45) is 0.215. The van der Waals surface area contributed by atoms with Crippen LogP contribution >= 0.6 is 0 Å². The van der Waals surface area contributed by atoms with Crippen molar-refractivity contribution in [3.63, 3.8) is 0 Å². The van der Waals surface area contributed by atoms with Crippen LogP contribution in [0.15, 0.2) is 36.4 Å². The standard InChI is InChI=1S/C21H22N2O4/c1-13-3-4-15(14(2)7-13)10-22-21(25)16-8-20(24)23(11-16)17-5-6-18-19(9-17)27-12-26-18/h3-7,9,16H,8,10-12H2,1-2H3,(H,22,25). The molecule has 0 aliphatic carbocycles. The lowest BCUT2D eigenvalue weighted by molar-refractivity contribution is -0.126. The maximum Gasteiger partial charge on any atom is 0.231 e. The number of carbonyl (C=O) groups excluding carboxylic acids is 2. The molecule has 1 saturated heterocycles. The fraction of sp³-hybridized carbons (Fsp3) is 0.333. The lowest BCUT2D eigenvalue weighted by Gasteiger charge is -2.17. The van der Waals surface area contributed by atoms with Crippen LogP contribution in [0, 0.1) is 19.8 Å². The summed E-state index contributed by atoms with van der Waals surface area (Å²) in [7, 11) is 0. The maximum atomic E-state index is 12.6. The fourth-order valence-electron chi connectivity index (χ4n) is 3.56. The molecular formula is C21H22N2O4. The number of anilines is 1. The van der Waals surface area contributed by atoms with E-state index in [2.05, 4.69) is 11.4 Å². The van der Waals surface area contributed by atoms with Gasteiger partial charge in [-0.05, 0) is 37.1 Å². The Labute approximate surface area is 158 Å². The number of ether oxygens (including phenoxy) is 2. The zero-order chi connectivity index (χ0) is 19.0. The normalized spacial score (nSPS) is 18.1. The van der Waals surface area contributed by atoms with Gasteiger partial charge in [-0.3, -0.25) is 9.59 Å². The molecule has 2 amide bonds. The van der Waals surface area contributed by atoms with E-state index >= 15 is 0 Å². The lowest BCUT2D eigenvalue weighted by Crippen LogP contribution is -2.32. The summed E-state index contributed by atoms with van der Waals surface area (Å²) in [6.45, 7) is 5.12. The molecule has 0 radical (unpaired) electrons. The molecule has 1 atom stereocenters. The second-order valence-corrected chi connectivity index (χ2v) is 7.09. The highest BCUT2D eigenvalue weighted by Crippen LogP contribution is 2.37. The van der Waals surface area contributed by atoms with Gasteiger partial charge in [0.1, 0.15) is 0 Å². The molecule has 0 spiro atoms. The molecule has 0 saturated carbocycles. The van der Waals surface area contributed by atoms with E-state index in [1.165, 1.54) is 5.56 Å². The average molecular weight is 366 g/mol. The molecule has 0 aromatic heterocycles. The van der Waals surface area contributed by atoms with Crippen LogP contribution in [-0.4, -0.2) is 25.2 Å². The molecule has 27 heavy (non-hydrogen) atoms. The van der Waals surface area contributed by atoms with E-state index in [0.717, 1.165) is 16.8 Å². The summed E-state index contributed by atoms with van der Waals surface area (Å²) in [5.41, 5.74) is 4.17. The highest BCUT2D eigenvalue weighted by Gasteiger charge is 2.35. The Kier molecular flexibility index (Phi) is 4.48. The smallest absolute Gasteiger partial charge is 0.231 e. The molecule has 0 bridgehead atoms. The van der Waals surface area contributed by atoms with E-state index < -0.39 is 0 Å². The molecule has 6 heteroatoms. The van der Waals surface area contributed by atoms with Crippen molar-refractivity contribution in [1.82, 2.24) is 5.32 Å². The lowest BCUT2D eigenvalue weighted by atomic mass is 10.0. The number of nitrogens with zero attached hydrogens (tertiary/aromatic N) is 1. The van der Waals surface area contributed by atoms with Crippen LogP contribution in [0.25, 0.3) is 0 Å². The summed E-state index contributed by atoms with van der Waals surface area (Å²) in [5, 5.41) is 2.97. The van der Waals surface area contributed by atoms with Crippen molar-refractivity contribution < 1.29 is 19.1 Å². The SMILES string of the molecule is Cc1ccc(CNC(=O)C2CC(=O)N(c3ccc4c(c3)OCO4)C2)c(C)c1. The number of fused-ring (bicyclic) bond motifs is 1. The topological polar surface area (TPSA) is 67.9 Å². The van der Waals surface area contributed by atoms with E-state index in [1.807, 2.05) is 32.0 Å². The highest BCUT2D eigenvalue weighted by molar-refractivity contribution is 6.00. The van der Waals surface area contributed by atoms with Crippen molar-refractivity contribution in [1.29, 1.82) is 0 Å². The highest BCUT2D eigenvalue weighted by atomic mass is 16.7. The van der Waals surface area contributed by atoms with Crippen molar-refractivity contribution in [3.8, 4) is 11.5 Å². The van der Waals surface area contributed by atoms with Crippen LogP contribution in [0.5, 0.6) is 11.5 Å². The molecule has 2 aromatic rings. The van der Waals surface area contributed by atoms with E-state index in [4.69, 9.17) is 9.47 Å². The second-order valence-electron chi connectivity index (χ2n) is 7.09. The fourth-order valence-corrected chi connectivity index (χ4v) is 3.56. The minimum absolute atomic E-state index is 0.0551. The second kappa shape index (κ2) is 6.95. The maximum absolute atomic E-state index is 12.6. The molecule has 2 aliphatic rings. The quantitative estimate of drug-likeness (QED) is 0.903. The first-order chi connectivity index (χ1) is 13.0. The van der Waals surface area contributed by atoms with Gasteiger partial charge in [-0.25, -0.2) is 0 Å². The van der Waals surface area contributed by atoms with Gasteiger partial charge in [0.2, 0.25) is 18.6 Å². The van der Waals surface area contributed by atoms with Gasteiger partial charge in [-0.15, -0.1) is 0 Å². The van der Waals surface area contributed by atoms with Gasteiger partial charge in [-0.1, -0.05) is 23.8 Å². The average Bonchev–Trinajstić information content (AvgIpc) is 3.26. The monoisotopic (exact) mass is 366 g/mol.